The summed E-state index contributed by atoms with van der Waals surface area (Å²) >= 11 is 0. The molecule has 0 saturated carbocycles. The van der Waals surface area contributed by atoms with Gasteiger partial charge in [0.25, 0.3) is 11.8 Å². The molecule has 1 fully saturated rings. The predicted molar refractivity (Wildman–Crippen MR) is 126 cm³/mol. The summed E-state index contributed by atoms with van der Waals surface area (Å²) in [6.45, 7) is 2.95. The van der Waals surface area contributed by atoms with E-state index in [0.29, 0.717) is 24.2 Å². The molecule has 5 rings (SSSR count). The number of fused-ring (bicyclic) bond motifs is 2. The van der Waals surface area contributed by atoms with E-state index in [0.717, 1.165) is 30.8 Å². The smallest absolute Gasteiger partial charge is 0.454 e. The van der Waals surface area contributed by atoms with Crippen molar-refractivity contribution in [3.05, 3.63) is 71.8 Å². The summed E-state index contributed by atoms with van der Waals surface area (Å²) in [7, 11) is 2.02. The van der Waals surface area contributed by atoms with E-state index in [4.69, 9.17) is 4.74 Å². The fourth-order valence-electron chi connectivity index (χ4n) is 4.20. The van der Waals surface area contributed by atoms with Gasteiger partial charge in [-0.25, -0.2) is 0 Å². The molecule has 2 heterocycles. The summed E-state index contributed by atoms with van der Waals surface area (Å²) in [5, 5.41) is 2.58. The molecular formula is C26H22F3N3O4. The summed E-state index contributed by atoms with van der Waals surface area (Å²) in [6.07, 6.45) is -4.86. The minimum Gasteiger partial charge on any atom is -0.454 e. The minimum atomic E-state index is -4.86. The molecule has 2 amide bonds. The van der Waals surface area contributed by atoms with E-state index in [9.17, 15) is 22.8 Å². The van der Waals surface area contributed by atoms with Crippen LogP contribution in [0.1, 0.15) is 20.7 Å². The van der Waals surface area contributed by atoms with Gasteiger partial charge in [0, 0.05) is 37.8 Å². The number of halogens is 3. The molecule has 36 heavy (non-hydrogen) atoms. The molecule has 186 valence electrons. The molecule has 0 aliphatic carbocycles. The van der Waals surface area contributed by atoms with Gasteiger partial charge in [0.2, 0.25) is 0 Å². The lowest BCUT2D eigenvalue weighted by molar-refractivity contribution is -0.274. The highest BCUT2D eigenvalue weighted by Crippen LogP contribution is 2.40. The van der Waals surface area contributed by atoms with Crippen LogP contribution in [-0.4, -0.2) is 61.2 Å². The molecule has 0 bridgehead atoms. The summed E-state index contributed by atoms with van der Waals surface area (Å²) in [6, 6.07) is 15.7. The van der Waals surface area contributed by atoms with Crippen LogP contribution in [0.4, 0.5) is 18.9 Å². The first-order valence-electron chi connectivity index (χ1n) is 11.3. The van der Waals surface area contributed by atoms with Crippen molar-refractivity contribution in [2.24, 2.45) is 0 Å². The standard InChI is InChI=1S/C26H22F3N3O4/c1-31-9-11-32(12-10-31)25(34)18-4-2-3-16(13-18)17-5-7-22-20(14-17)24(33)30-21-15-19(36-26(27,28)29)6-8-23(21)35-22/h2-8,13-15H,9-12H2,1H3,(H,30,33). The molecule has 1 N–H and O–H groups in total. The van der Waals surface area contributed by atoms with Crippen LogP contribution in [0.25, 0.3) is 11.1 Å². The van der Waals surface area contributed by atoms with Crippen molar-refractivity contribution in [1.29, 1.82) is 0 Å². The van der Waals surface area contributed by atoms with Crippen molar-refractivity contribution in [3.8, 4) is 28.4 Å². The Morgan fingerprint density at radius 3 is 2.42 bits per heavy atom. The Bertz CT molecular complexity index is 1330. The topological polar surface area (TPSA) is 71.1 Å². The number of ether oxygens (including phenoxy) is 2. The van der Waals surface area contributed by atoms with Crippen molar-refractivity contribution < 1.29 is 32.2 Å². The van der Waals surface area contributed by atoms with E-state index in [1.807, 2.05) is 18.0 Å². The highest BCUT2D eigenvalue weighted by molar-refractivity contribution is 6.08. The van der Waals surface area contributed by atoms with Crippen LogP contribution in [0, 0.1) is 0 Å². The number of hydrogen-bond donors (Lipinski definition) is 1. The summed E-state index contributed by atoms with van der Waals surface area (Å²) in [4.78, 5) is 29.9. The van der Waals surface area contributed by atoms with E-state index < -0.39 is 18.0 Å². The Morgan fingerprint density at radius 2 is 1.67 bits per heavy atom. The first-order chi connectivity index (χ1) is 17.2. The molecule has 3 aromatic carbocycles. The monoisotopic (exact) mass is 497 g/mol. The number of carbonyl (C=O) groups excluding carboxylic acids is 2. The maximum absolute atomic E-state index is 13.0. The van der Waals surface area contributed by atoms with Crippen LogP contribution in [0.15, 0.2) is 60.7 Å². The Hall–Kier alpha value is -4.05. The molecule has 7 nitrogen and oxygen atoms in total. The molecule has 2 aliphatic rings. The zero-order valence-corrected chi connectivity index (χ0v) is 19.3. The van der Waals surface area contributed by atoms with Crippen LogP contribution < -0.4 is 14.8 Å². The highest BCUT2D eigenvalue weighted by atomic mass is 19.4. The SMILES string of the molecule is CN1CCN(C(=O)c2cccc(-c3ccc4c(c3)C(=O)Nc3cc(OC(F)(F)F)ccc3O4)c2)CC1. The van der Waals surface area contributed by atoms with Crippen molar-refractivity contribution >= 4 is 17.5 Å². The molecule has 1 saturated heterocycles. The van der Waals surface area contributed by atoms with Crippen molar-refractivity contribution in [2.45, 2.75) is 6.36 Å². The Morgan fingerprint density at radius 1 is 0.944 bits per heavy atom. The van der Waals surface area contributed by atoms with Crippen molar-refractivity contribution in [2.75, 3.05) is 38.5 Å². The molecule has 3 aromatic rings. The van der Waals surface area contributed by atoms with Gasteiger partial charge in [0.1, 0.15) is 11.5 Å². The molecule has 0 unspecified atom stereocenters. The van der Waals surface area contributed by atoms with Crippen LogP contribution in [0.2, 0.25) is 0 Å². The van der Waals surface area contributed by atoms with Gasteiger partial charge < -0.3 is 24.6 Å². The Kier molecular flexibility index (Phi) is 6.05. The average Bonchev–Trinajstić information content (AvgIpc) is 2.98. The quantitative estimate of drug-likeness (QED) is 0.552. The number of nitrogens with zero attached hydrogens (tertiary/aromatic N) is 2. The first kappa shape index (κ1) is 23.7. The number of benzene rings is 3. The first-order valence-corrected chi connectivity index (χ1v) is 11.3. The molecule has 0 radical (unpaired) electrons. The van der Waals surface area contributed by atoms with Crippen LogP contribution in [0.5, 0.6) is 17.2 Å². The third-order valence-electron chi connectivity index (χ3n) is 6.11. The van der Waals surface area contributed by atoms with Gasteiger partial charge >= 0.3 is 6.36 Å². The van der Waals surface area contributed by atoms with E-state index >= 15 is 0 Å². The lowest BCUT2D eigenvalue weighted by Crippen LogP contribution is -2.47. The second-order valence-electron chi connectivity index (χ2n) is 8.65. The molecule has 0 spiro atoms. The number of hydrogen-bond acceptors (Lipinski definition) is 5. The fraction of sp³-hybridized carbons (Fsp3) is 0.231. The maximum atomic E-state index is 13.0. The molecule has 2 aliphatic heterocycles. The van der Waals surface area contributed by atoms with Crippen LogP contribution in [-0.2, 0) is 0 Å². The van der Waals surface area contributed by atoms with Crippen molar-refractivity contribution in [3.63, 3.8) is 0 Å². The average molecular weight is 497 g/mol. The molecule has 10 heteroatoms. The van der Waals surface area contributed by atoms with Gasteiger partial charge in [-0.2, -0.15) is 0 Å². The zero-order valence-electron chi connectivity index (χ0n) is 19.3. The number of carbonyl (C=O) groups is 2. The lowest BCUT2D eigenvalue weighted by atomic mass is 9.99. The van der Waals surface area contributed by atoms with Gasteiger partial charge in [-0.15, -0.1) is 13.2 Å². The van der Waals surface area contributed by atoms with Gasteiger partial charge in [0.15, 0.2) is 5.75 Å². The number of amides is 2. The second-order valence-corrected chi connectivity index (χ2v) is 8.65. The molecule has 0 atom stereocenters. The van der Waals surface area contributed by atoms with E-state index in [1.54, 1.807) is 36.4 Å². The van der Waals surface area contributed by atoms with E-state index in [2.05, 4.69) is 15.0 Å². The summed E-state index contributed by atoms with van der Waals surface area (Å²) in [5.74, 6) is -0.625. The van der Waals surface area contributed by atoms with Gasteiger partial charge in [0.05, 0.1) is 11.3 Å². The second kappa shape index (κ2) is 9.19. The third kappa shape index (κ3) is 4.99. The van der Waals surface area contributed by atoms with Gasteiger partial charge in [-0.3, -0.25) is 9.59 Å². The van der Waals surface area contributed by atoms with E-state index in [1.165, 1.54) is 6.07 Å². The summed E-state index contributed by atoms with van der Waals surface area (Å²) in [5.41, 5.74) is 2.25. The maximum Gasteiger partial charge on any atom is 0.573 e. The number of rotatable bonds is 3. The van der Waals surface area contributed by atoms with Crippen LogP contribution >= 0.6 is 0 Å². The third-order valence-corrected chi connectivity index (χ3v) is 6.11. The number of anilines is 1. The zero-order chi connectivity index (χ0) is 25.4. The van der Waals surface area contributed by atoms with E-state index in [-0.39, 0.29) is 28.7 Å². The highest BCUT2D eigenvalue weighted by Gasteiger charge is 2.32. The summed E-state index contributed by atoms with van der Waals surface area (Å²) < 4.78 is 47.5. The fourth-order valence-corrected chi connectivity index (χ4v) is 4.20. The van der Waals surface area contributed by atoms with Crippen LogP contribution in [0.3, 0.4) is 0 Å². The minimum absolute atomic E-state index is 0.0480. The number of likely N-dealkylation sites (N-methyl/N-ethyl adjacent to an activating group) is 1. The Labute approximate surface area is 205 Å². The lowest BCUT2D eigenvalue weighted by Gasteiger charge is -2.32. The number of nitrogens with one attached hydrogen (secondary N) is 1. The normalized spacial score (nSPS) is 15.8. The number of piperazine rings is 1. The Balaban J connectivity index is 1.40. The van der Waals surface area contributed by atoms with Crippen molar-refractivity contribution in [1.82, 2.24) is 9.80 Å². The van der Waals surface area contributed by atoms with Gasteiger partial charge in [-0.1, -0.05) is 18.2 Å². The molecule has 0 aromatic heterocycles. The predicted octanol–water partition coefficient (Wildman–Crippen LogP) is 5.00. The number of alkyl halides is 3. The van der Waals surface area contributed by atoms with Gasteiger partial charge in [-0.05, 0) is 54.6 Å². The largest absolute Gasteiger partial charge is 0.573 e. The molecular weight excluding hydrogens is 475 g/mol.